The molecule has 0 aliphatic carbocycles. The van der Waals surface area contributed by atoms with Crippen molar-refractivity contribution in [1.29, 1.82) is 0 Å². The van der Waals surface area contributed by atoms with Crippen LogP contribution in [0.15, 0.2) is 59.4 Å². The summed E-state index contributed by atoms with van der Waals surface area (Å²) >= 11 is 0. The molecule has 1 aromatic carbocycles. The number of nitrogens with zero attached hydrogens (tertiary/aromatic N) is 2. The van der Waals surface area contributed by atoms with Crippen molar-refractivity contribution >= 4 is 11.9 Å². The summed E-state index contributed by atoms with van der Waals surface area (Å²) in [5, 5.41) is 6.50. The van der Waals surface area contributed by atoms with Gasteiger partial charge in [0, 0.05) is 42.6 Å². The van der Waals surface area contributed by atoms with E-state index in [1.54, 1.807) is 25.4 Å². The molecule has 2 heterocycles. The molecule has 0 unspecified atom stereocenters. The molecule has 0 bridgehead atoms. The van der Waals surface area contributed by atoms with E-state index in [9.17, 15) is 9.59 Å². The topological polar surface area (TPSA) is 94.3 Å². The predicted molar refractivity (Wildman–Crippen MR) is 98.2 cm³/mol. The van der Waals surface area contributed by atoms with Crippen LogP contribution in [-0.2, 0) is 11.2 Å². The first-order valence-electron chi connectivity index (χ1n) is 8.58. The SMILES string of the molecule is CCOC(=O)c1cc(CCNC(=O)c2cccc(-c3cccnc3)c2)on1. The van der Waals surface area contributed by atoms with Crippen LogP contribution in [0.25, 0.3) is 11.1 Å². The van der Waals surface area contributed by atoms with Crippen molar-refractivity contribution < 1.29 is 18.8 Å². The lowest BCUT2D eigenvalue weighted by Crippen LogP contribution is -2.25. The van der Waals surface area contributed by atoms with E-state index in [1.807, 2.05) is 30.3 Å². The molecule has 1 N–H and O–H groups in total. The van der Waals surface area contributed by atoms with Gasteiger partial charge in [-0.05, 0) is 30.7 Å². The molecule has 0 radical (unpaired) electrons. The Morgan fingerprint density at radius 1 is 1.15 bits per heavy atom. The fraction of sp³-hybridized carbons (Fsp3) is 0.200. The van der Waals surface area contributed by atoms with Gasteiger partial charge in [0.1, 0.15) is 5.76 Å². The number of aromatic nitrogens is 2. The first-order chi connectivity index (χ1) is 13.2. The molecule has 0 spiro atoms. The van der Waals surface area contributed by atoms with Crippen molar-refractivity contribution in [2.24, 2.45) is 0 Å². The Kier molecular flexibility index (Phi) is 5.94. The Balaban J connectivity index is 1.56. The van der Waals surface area contributed by atoms with Gasteiger partial charge in [-0.3, -0.25) is 9.78 Å². The van der Waals surface area contributed by atoms with Gasteiger partial charge in [-0.2, -0.15) is 0 Å². The molecule has 3 rings (SSSR count). The van der Waals surface area contributed by atoms with Crippen molar-refractivity contribution in [3.8, 4) is 11.1 Å². The van der Waals surface area contributed by atoms with Crippen molar-refractivity contribution in [2.45, 2.75) is 13.3 Å². The smallest absolute Gasteiger partial charge is 0.360 e. The fourth-order valence-corrected chi connectivity index (χ4v) is 2.51. The second-order valence-corrected chi connectivity index (χ2v) is 5.73. The fourth-order valence-electron chi connectivity index (χ4n) is 2.51. The molecule has 138 valence electrons. The maximum atomic E-state index is 12.4. The highest BCUT2D eigenvalue weighted by Gasteiger charge is 2.13. The number of hydrogen-bond acceptors (Lipinski definition) is 6. The number of carbonyl (C=O) groups is 2. The van der Waals surface area contributed by atoms with Crippen molar-refractivity contribution in [2.75, 3.05) is 13.2 Å². The third-order valence-corrected chi connectivity index (χ3v) is 3.82. The van der Waals surface area contributed by atoms with E-state index in [2.05, 4.69) is 15.5 Å². The number of nitrogens with one attached hydrogen (secondary N) is 1. The predicted octanol–water partition coefficient (Wildman–Crippen LogP) is 2.89. The zero-order valence-corrected chi connectivity index (χ0v) is 14.8. The van der Waals surface area contributed by atoms with Gasteiger partial charge in [-0.1, -0.05) is 23.4 Å². The normalized spacial score (nSPS) is 10.4. The van der Waals surface area contributed by atoms with Crippen LogP contribution in [0.2, 0.25) is 0 Å². The summed E-state index contributed by atoms with van der Waals surface area (Å²) in [6.45, 7) is 2.35. The maximum absolute atomic E-state index is 12.4. The molecule has 0 saturated heterocycles. The minimum Gasteiger partial charge on any atom is -0.461 e. The molecule has 0 aliphatic rings. The summed E-state index contributed by atoms with van der Waals surface area (Å²) in [6, 6.07) is 12.6. The van der Waals surface area contributed by atoms with E-state index in [0.29, 0.717) is 24.3 Å². The minimum atomic E-state index is -0.524. The Labute approximate surface area is 156 Å². The van der Waals surface area contributed by atoms with Gasteiger partial charge in [0.05, 0.1) is 6.61 Å². The highest BCUT2D eigenvalue weighted by atomic mass is 16.5. The molecule has 0 atom stereocenters. The van der Waals surface area contributed by atoms with E-state index in [4.69, 9.17) is 9.26 Å². The quantitative estimate of drug-likeness (QED) is 0.647. The second-order valence-electron chi connectivity index (χ2n) is 5.73. The Morgan fingerprint density at radius 2 is 2.00 bits per heavy atom. The number of rotatable bonds is 7. The summed E-state index contributed by atoms with van der Waals surface area (Å²) in [6.07, 6.45) is 3.87. The molecule has 7 nitrogen and oxygen atoms in total. The molecule has 0 fully saturated rings. The Hall–Kier alpha value is -3.48. The highest BCUT2D eigenvalue weighted by Crippen LogP contribution is 2.19. The van der Waals surface area contributed by atoms with E-state index < -0.39 is 5.97 Å². The van der Waals surface area contributed by atoms with Crippen molar-refractivity contribution in [1.82, 2.24) is 15.5 Å². The van der Waals surface area contributed by atoms with Gasteiger partial charge in [0.2, 0.25) is 0 Å². The largest absolute Gasteiger partial charge is 0.461 e. The molecule has 0 saturated carbocycles. The number of amides is 1. The van der Waals surface area contributed by atoms with E-state index >= 15 is 0 Å². The first-order valence-corrected chi connectivity index (χ1v) is 8.58. The van der Waals surface area contributed by atoms with E-state index in [1.165, 1.54) is 6.07 Å². The van der Waals surface area contributed by atoms with E-state index in [-0.39, 0.29) is 18.2 Å². The van der Waals surface area contributed by atoms with Crippen molar-refractivity contribution in [3.63, 3.8) is 0 Å². The average molecular weight is 365 g/mol. The number of pyridine rings is 1. The Bertz CT molecular complexity index is 922. The third-order valence-electron chi connectivity index (χ3n) is 3.82. The third kappa shape index (κ3) is 4.78. The van der Waals surface area contributed by atoms with Crippen LogP contribution in [0, 0.1) is 0 Å². The molecule has 27 heavy (non-hydrogen) atoms. The molecular weight excluding hydrogens is 346 g/mol. The van der Waals surface area contributed by atoms with Crippen LogP contribution < -0.4 is 5.32 Å². The van der Waals surface area contributed by atoms with Gasteiger partial charge in [-0.15, -0.1) is 0 Å². The van der Waals surface area contributed by atoms with E-state index in [0.717, 1.165) is 11.1 Å². The lowest BCUT2D eigenvalue weighted by atomic mass is 10.0. The van der Waals surface area contributed by atoms with Crippen LogP contribution in [0.5, 0.6) is 0 Å². The molecule has 3 aromatic rings. The minimum absolute atomic E-state index is 0.127. The maximum Gasteiger partial charge on any atom is 0.360 e. The molecule has 0 aliphatic heterocycles. The number of hydrogen-bond donors (Lipinski definition) is 1. The van der Waals surface area contributed by atoms with Gasteiger partial charge >= 0.3 is 5.97 Å². The Morgan fingerprint density at radius 3 is 2.78 bits per heavy atom. The number of carbonyl (C=O) groups excluding carboxylic acids is 2. The van der Waals surface area contributed by atoms with Crippen LogP contribution in [0.4, 0.5) is 0 Å². The van der Waals surface area contributed by atoms with Gasteiger partial charge in [-0.25, -0.2) is 4.79 Å². The van der Waals surface area contributed by atoms with Gasteiger partial charge in [0.15, 0.2) is 5.69 Å². The standard InChI is InChI=1S/C20H19N3O4/c1-2-26-20(25)18-12-17(27-23-18)8-10-22-19(24)15-6-3-5-14(11-15)16-7-4-9-21-13-16/h3-7,9,11-13H,2,8,10H2,1H3,(H,22,24). The zero-order valence-electron chi connectivity index (χ0n) is 14.8. The van der Waals surface area contributed by atoms with Gasteiger partial charge < -0.3 is 14.6 Å². The van der Waals surface area contributed by atoms with Crippen molar-refractivity contribution in [3.05, 3.63) is 71.9 Å². The molecule has 2 aromatic heterocycles. The number of ether oxygens (including phenoxy) is 1. The summed E-state index contributed by atoms with van der Waals surface area (Å²) < 4.78 is 9.94. The molecule has 7 heteroatoms. The monoisotopic (exact) mass is 365 g/mol. The second kappa shape index (κ2) is 8.75. The summed E-state index contributed by atoms with van der Waals surface area (Å²) in [5.41, 5.74) is 2.55. The number of esters is 1. The summed E-state index contributed by atoms with van der Waals surface area (Å²) in [5.74, 6) is -0.211. The average Bonchev–Trinajstić information content (AvgIpc) is 3.18. The lowest BCUT2D eigenvalue weighted by molar-refractivity contribution is 0.0514. The molecule has 1 amide bonds. The highest BCUT2D eigenvalue weighted by molar-refractivity contribution is 5.95. The molecular formula is C20H19N3O4. The zero-order chi connectivity index (χ0) is 19.1. The summed E-state index contributed by atoms with van der Waals surface area (Å²) in [7, 11) is 0. The van der Waals surface area contributed by atoms with Gasteiger partial charge in [0.25, 0.3) is 5.91 Å². The van der Waals surface area contributed by atoms with Crippen LogP contribution in [0.3, 0.4) is 0 Å². The van der Waals surface area contributed by atoms with Crippen LogP contribution in [-0.4, -0.2) is 35.2 Å². The summed E-state index contributed by atoms with van der Waals surface area (Å²) in [4.78, 5) is 28.0. The lowest BCUT2D eigenvalue weighted by Gasteiger charge is -2.06. The van der Waals surface area contributed by atoms with Crippen LogP contribution >= 0.6 is 0 Å². The number of benzene rings is 1. The first kappa shape index (κ1) is 18.3. The van der Waals surface area contributed by atoms with Crippen LogP contribution in [0.1, 0.15) is 33.5 Å².